The van der Waals surface area contributed by atoms with Crippen molar-refractivity contribution in [2.75, 3.05) is 20.2 Å². The van der Waals surface area contributed by atoms with Gasteiger partial charge >= 0.3 is 0 Å². The summed E-state index contributed by atoms with van der Waals surface area (Å²) in [6.45, 7) is 2.99. The molecule has 0 aliphatic carbocycles. The van der Waals surface area contributed by atoms with E-state index in [1.807, 2.05) is 18.2 Å². The van der Waals surface area contributed by atoms with Crippen molar-refractivity contribution in [3.63, 3.8) is 0 Å². The molecule has 124 valence electrons. The Labute approximate surface area is 140 Å². The van der Waals surface area contributed by atoms with Crippen LogP contribution in [0.5, 0.6) is 0 Å². The number of nitrogens with zero attached hydrogens (tertiary/aromatic N) is 1. The normalized spacial score (nSPS) is 12.1. The van der Waals surface area contributed by atoms with Crippen molar-refractivity contribution in [2.24, 2.45) is 5.73 Å². The molecule has 2 rings (SSSR count). The van der Waals surface area contributed by atoms with Crippen LogP contribution in [0.25, 0.3) is 11.3 Å². The van der Waals surface area contributed by atoms with E-state index >= 15 is 0 Å². The third-order valence-corrected chi connectivity index (χ3v) is 4.59. The maximum absolute atomic E-state index is 11.8. The van der Waals surface area contributed by atoms with Crippen LogP contribution in [0.4, 0.5) is 0 Å². The number of hydrogen-bond donors (Lipinski definition) is 2. The number of amides is 1. The van der Waals surface area contributed by atoms with E-state index in [4.69, 9.17) is 15.5 Å². The first-order valence-electron chi connectivity index (χ1n) is 7.65. The van der Waals surface area contributed by atoms with Crippen LogP contribution in [0.3, 0.4) is 0 Å². The molecule has 0 fully saturated rings. The van der Waals surface area contributed by atoms with Gasteiger partial charge < -0.3 is 15.8 Å². The van der Waals surface area contributed by atoms with Crippen molar-refractivity contribution in [1.29, 1.82) is 0 Å². The Morgan fingerprint density at radius 3 is 2.78 bits per heavy atom. The summed E-state index contributed by atoms with van der Waals surface area (Å²) in [5, 5.41) is 3.92. The van der Waals surface area contributed by atoms with Crippen LogP contribution >= 0.6 is 11.3 Å². The third kappa shape index (κ3) is 5.13. The number of ether oxygens (including phenoxy) is 1. The number of thiazole rings is 1. The summed E-state index contributed by atoms with van der Waals surface area (Å²) >= 11 is 1.68. The van der Waals surface area contributed by atoms with Gasteiger partial charge in [-0.05, 0) is 6.92 Å². The van der Waals surface area contributed by atoms with Crippen LogP contribution in [0.15, 0.2) is 30.3 Å². The number of aromatic nitrogens is 1. The molecule has 1 aromatic heterocycles. The maximum atomic E-state index is 11.8. The highest BCUT2D eigenvalue weighted by Gasteiger charge is 2.12. The van der Waals surface area contributed by atoms with Crippen LogP contribution < -0.4 is 11.1 Å². The second-order valence-corrected chi connectivity index (χ2v) is 6.56. The molecule has 0 saturated heterocycles. The monoisotopic (exact) mass is 333 g/mol. The molecule has 5 nitrogen and oxygen atoms in total. The van der Waals surface area contributed by atoms with Gasteiger partial charge in [0.15, 0.2) is 0 Å². The lowest BCUT2D eigenvalue weighted by molar-refractivity contribution is -0.123. The molecule has 0 aliphatic rings. The number of rotatable bonds is 8. The quantitative estimate of drug-likeness (QED) is 0.776. The Morgan fingerprint density at radius 2 is 2.13 bits per heavy atom. The molecule has 1 unspecified atom stereocenters. The van der Waals surface area contributed by atoms with Crippen molar-refractivity contribution in [3.8, 4) is 11.3 Å². The number of nitrogens with one attached hydrogen (secondary N) is 1. The van der Waals surface area contributed by atoms with Crippen molar-refractivity contribution in [2.45, 2.75) is 25.9 Å². The molecule has 1 heterocycles. The molecule has 0 radical (unpaired) electrons. The first-order valence-corrected chi connectivity index (χ1v) is 8.47. The van der Waals surface area contributed by atoms with Crippen molar-refractivity contribution in [3.05, 3.63) is 40.2 Å². The minimum atomic E-state index is -0.221. The zero-order valence-electron chi connectivity index (χ0n) is 13.5. The van der Waals surface area contributed by atoms with E-state index in [2.05, 4.69) is 24.4 Å². The molecule has 1 atom stereocenters. The second-order valence-electron chi connectivity index (χ2n) is 5.28. The van der Waals surface area contributed by atoms with Gasteiger partial charge in [-0.3, -0.25) is 4.79 Å². The molecule has 6 heteroatoms. The molecule has 23 heavy (non-hydrogen) atoms. The Bertz CT molecular complexity index is 624. The van der Waals surface area contributed by atoms with E-state index in [9.17, 15) is 4.79 Å². The van der Waals surface area contributed by atoms with Gasteiger partial charge in [-0.1, -0.05) is 30.3 Å². The molecular formula is C17H23N3O2S. The van der Waals surface area contributed by atoms with Gasteiger partial charge in [0, 0.05) is 37.1 Å². The van der Waals surface area contributed by atoms with E-state index in [-0.39, 0.29) is 12.0 Å². The molecule has 3 N–H and O–H groups in total. The number of carbonyl (C=O) groups excluding carboxylic acids is 1. The number of nitrogens with two attached hydrogens (primary N) is 1. The maximum Gasteiger partial charge on any atom is 0.222 e. The highest BCUT2D eigenvalue weighted by Crippen LogP contribution is 2.27. The smallest absolute Gasteiger partial charge is 0.222 e. The average molecular weight is 333 g/mol. The standard InChI is InChI=1S/C17H23N3O2S/c1-12-17(13-6-4-3-5-7-13)20-16(23-12)8-9-19-15(21)10-14(11-18)22-2/h3-7,14H,8-11,18H2,1-2H3,(H,19,21). The van der Waals surface area contributed by atoms with Crippen LogP contribution in [0.2, 0.25) is 0 Å². The summed E-state index contributed by atoms with van der Waals surface area (Å²) in [4.78, 5) is 17.7. The zero-order chi connectivity index (χ0) is 16.7. The predicted molar refractivity (Wildman–Crippen MR) is 93.5 cm³/mol. The second kappa shape index (κ2) is 8.76. The molecule has 1 aromatic carbocycles. The highest BCUT2D eigenvalue weighted by atomic mass is 32.1. The fourth-order valence-corrected chi connectivity index (χ4v) is 3.23. The molecule has 2 aromatic rings. The number of carbonyl (C=O) groups is 1. The van der Waals surface area contributed by atoms with Gasteiger partial charge in [-0.25, -0.2) is 4.98 Å². The van der Waals surface area contributed by atoms with Crippen LogP contribution in [0.1, 0.15) is 16.3 Å². The molecule has 0 spiro atoms. The van der Waals surface area contributed by atoms with Gasteiger partial charge in [0.05, 0.1) is 23.2 Å². The lowest BCUT2D eigenvalue weighted by atomic mass is 10.1. The Hall–Kier alpha value is -1.76. The van der Waals surface area contributed by atoms with E-state index in [1.54, 1.807) is 18.4 Å². The molecule has 0 bridgehead atoms. The largest absolute Gasteiger partial charge is 0.380 e. The summed E-state index contributed by atoms with van der Waals surface area (Å²) in [5.74, 6) is -0.0427. The van der Waals surface area contributed by atoms with Gasteiger partial charge in [-0.15, -0.1) is 11.3 Å². The zero-order valence-corrected chi connectivity index (χ0v) is 14.4. The summed E-state index contributed by atoms with van der Waals surface area (Å²) < 4.78 is 5.11. The van der Waals surface area contributed by atoms with Crippen LogP contribution in [-0.4, -0.2) is 37.2 Å². The molecule has 1 amide bonds. The van der Waals surface area contributed by atoms with Crippen molar-refractivity contribution >= 4 is 17.2 Å². The number of methoxy groups -OCH3 is 1. The van der Waals surface area contributed by atoms with E-state index < -0.39 is 0 Å². The molecule has 0 aliphatic heterocycles. The summed E-state index contributed by atoms with van der Waals surface area (Å²) in [5.41, 5.74) is 7.67. The highest BCUT2D eigenvalue weighted by molar-refractivity contribution is 7.12. The Balaban J connectivity index is 1.86. The number of benzene rings is 1. The van der Waals surface area contributed by atoms with Gasteiger partial charge in [0.25, 0.3) is 0 Å². The van der Waals surface area contributed by atoms with Gasteiger partial charge in [0.1, 0.15) is 0 Å². The Kier molecular flexibility index (Phi) is 6.70. The summed E-state index contributed by atoms with van der Waals surface area (Å²) in [6.07, 6.45) is 0.797. The lowest BCUT2D eigenvalue weighted by Crippen LogP contribution is -2.33. The topological polar surface area (TPSA) is 77.2 Å². The van der Waals surface area contributed by atoms with Gasteiger partial charge in [-0.2, -0.15) is 0 Å². The third-order valence-electron chi connectivity index (χ3n) is 3.56. The first-order chi connectivity index (χ1) is 11.1. The summed E-state index contributed by atoms with van der Waals surface area (Å²) in [6, 6.07) is 10.1. The van der Waals surface area contributed by atoms with E-state index in [0.29, 0.717) is 19.5 Å². The van der Waals surface area contributed by atoms with E-state index in [0.717, 1.165) is 22.7 Å². The molecular weight excluding hydrogens is 310 g/mol. The first kappa shape index (κ1) is 17.6. The van der Waals surface area contributed by atoms with Crippen LogP contribution in [-0.2, 0) is 16.0 Å². The van der Waals surface area contributed by atoms with E-state index in [1.165, 1.54) is 4.88 Å². The Morgan fingerprint density at radius 1 is 1.39 bits per heavy atom. The average Bonchev–Trinajstić information content (AvgIpc) is 2.94. The van der Waals surface area contributed by atoms with Crippen molar-refractivity contribution < 1.29 is 9.53 Å². The minimum Gasteiger partial charge on any atom is -0.380 e. The molecule has 0 saturated carbocycles. The fourth-order valence-electron chi connectivity index (χ4n) is 2.27. The lowest BCUT2D eigenvalue weighted by Gasteiger charge is -2.12. The van der Waals surface area contributed by atoms with Crippen molar-refractivity contribution in [1.82, 2.24) is 10.3 Å². The number of hydrogen-bond acceptors (Lipinski definition) is 5. The van der Waals surface area contributed by atoms with Crippen LogP contribution in [0, 0.1) is 6.92 Å². The predicted octanol–water partition coefficient (Wildman–Crippen LogP) is 2.14. The summed E-state index contributed by atoms with van der Waals surface area (Å²) in [7, 11) is 1.56. The fraction of sp³-hybridized carbons (Fsp3) is 0.412. The number of aryl methyl sites for hydroxylation is 1. The van der Waals surface area contributed by atoms with Gasteiger partial charge in [0.2, 0.25) is 5.91 Å². The minimum absolute atomic E-state index is 0.0427. The SMILES string of the molecule is COC(CN)CC(=O)NCCc1nc(-c2ccccc2)c(C)s1.